The highest BCUT2D eigenvalue weighted by Crippen LogP contribution is 2.39. The van der Waals surface area contributed by atoms with Gasteiger partial charge in [0, 0.05) is 40.6 Å². The SMILES string of the molecule is Oc1cccc(C(c2c[nH]c3ccc(F)cc23)n2ccnc2)c1O. The number of aromatic amines is 1. The second kappa shape index (κ2) is 5.42. The number of halogens is 1. The zero-order valence-corrected chi connectivity index (χ0v) is 12.5. The maximum Gasteiger partial charge on any atom is 0.163 e. The van der Waals surface area contributed by atoms with Crippen molar-refractivity contribution in [1.82, 2.24) is 14.5 Å². The highest BCUT2D eigenvalue weighted by Gasteiger charge is 2.24. The molecule has 0 aliphatic rings. The van der Waals surface area contributed by atoms with E-state index in [1.807, 2.05) is 0 Å². The fourth-order valence-electron chi connectivity index (χ4n) is 3.02. The lowest BCUT2D eigenvalue weighted by Gasteiger charge is -2.20. The van der Waals surface area contributed by atoms with E-state index >= 15 is 0 Å². The topological polar surface area (TPSA) is 74.1 Å². The van der Waals surface area contributed by atoms with Gasteiger partial charge < -0.3 is 19.8 Å². The Bertz CT molecular complexity index is 1010. The molecule has 1 unspecified atom stereocenters. The van der Waals surface area contributed by atoms with Gasteiger partial charge in [-0.25, -0.2) is 9.37 Å². The summed E-state index contributed by atoms with van der Waals surface area (Å²) in [5.74, 6) is -0.751. The first-order chi connectivity index (χ1) is 11.6. The molecular formula is C18H14FN3O2. The molecule has 24 heavy (non-hydrogen) atoms. The van der Waals surface area contributed by atoms with E-state index in [0.29, 0.717) is 10.9 Å². The Hall–Kier alpha value is -3.28. The molecule has 0 amide bonds. The van der Waals surface area contributed by atoms with Gasteiger partial charge in [-0.1, -0.05) is 12.1 Å². The summed E-state index contributed by atoms with van der Waals surface area (Å²) in [5, 5.41) is 20.9. The van der Waals surface area contributed by atoms with Crippen LogP contribution < -0.4 is 0 Å². The van der Waals surface area contributed by atoms with Crippen LogP contribution >= 0.6 is 0 Å². The molecule has 0 spiro atoms. The Labute approximate surface area is 136 Å². The van der Waals surface area contributed by atoms with Gasteiger partial charge in [0.25, 0.3) is 0 Å². The van der Waals surface area contributed by atoms with Gasteiger partial charge in [0.1, 0.15) is 5.82 Å². The van der Waals surface area contributed by atoms with Crippen LogP contribution in [0.4, 0.5) is 4.39 Å². The van der Waals surface area contributed by atoms with E-state index in [1.54, 1.807) is 47.7 Å². The molecule has 3 N–H and O–H groups in total. The summed E-state index contributed by atoms with van der Waals surface area (Å²) >= 11 is 0. The van der Waals surface area contributed by atoms with Gasteiger partial charge in [-0.05, 0) is 24.3 Å². The number of para-hydroxylation sites is 1. The number of imidazole rings is 1. The number of nitrogens with one attached hydrogen (secondary N) is 1. The van der Waals surface area contributed by atoms with Crippen molar-refractivity contribution in [2.45, 2.75) is 6.04 Å². The molecule has 5 nitrogen and oxygen atoms in total. The van der Waals surface area contributed by atoms with Crippen molar-refractivity contribution in [1.29, 1.82) is 0 Å². The Kier molecular flexibility index (Phi) is 3.23. The van der Waals surface area contributed by atoms with Crippen LogP contribution in [0.2, 0.25) is 0 Å². The van der Waals surface area contributed by atoms with Crippen LogP contribution in [-0.2, 0) is 0 Å². The Morgan fingerprint density at radius 2 is 2.00 bits per heavy atom. The van der Waals surface area contributed by atoms with Gasteiger partial charge >= 0.3 is 0 Å². The van der Waals surface area contributed by atoms with Crippen LogP contribution in [0.25, 0.3) is 10.9 Å². The van der Waals surface area contributed by atoms with E-state index in [-0.39, 0.29) is 17.3 Å². The van der Waals surface area contributed by atoms with Gasteiger partial charge in [0.2, 0.25) is 0 Å². The molecule has 0 saturated carbocycles. The number of H-pyrrole nitrogens is 1. The van der Waals surface area contributed by atoms with Gasteiger partial charge in [0.15, 0.2) is 11.5 Å². The lowest BCUT2D eigenvalue weighted by molar-refractivity contribution is 0.395. The highest BCUT2D eigenvalue weighted by molar-refractivity contribution is 5.84. The molecule has 0 aliphatic carbocycles. The largest absolute Gasteiger partial charge is 0.504 e. The molecule has 120 valence electrons. The van der Waals surface area contributed by atoms with Crippen molar-refractivity contribution >= 4 is 10.9 Å². The first-order valence-electron chi connectivity index (χ1n) is 7.40. The van der Waals surface area contributed by atoms with Crippen molar-refractivity contribution in [3.63, 3.8) is 0 Å². The summed E-state index contributed by atoms with van der Waals surface area (Å²) < 4.78 is 15.5. The second-order valence-electron chi connectivity index (χ2n) is 5.56. The Morgan fingerprint density at radius 3 is 2.79 bits per heavy atom. The molecule has 1 atom stereocenters. The molecule has 0 saturated heterocycles. The first-order valence-corrected chi connectivity index (χ1v) is 7.40. The fraction of sp³-hybridized carbons (Fsp3) is 0.0556. The Morgan fingerprint density at radius 1 is 1.12 bits per heavy atom. The quantitative estimate of drug-likeness (QED) is 0.505. The number of aromatic nitrogens is 3. The average Bonchev–Trinajstić information content (AvgIpc) is 3.22. The van der Waals surface area contributed by atoms with Crippen LogP contribution in [0.5, 0.6) is 11.5 Å². The maximum absolute atomic E-state index is 13.7. The zero-order chi connectivity index (χ0) is 16.7. The molecule has 0 fully saturated rings. The summed E-state index contributed by atoms with van der Waals surface area (Å²) in [4.78, 5) is 7.18. The monoisotopic (exact) mass is 323 g/mol. The number of hydrogen-bond acceptors (Lipinski definition) is 3. The van der Waals surface area contributed by atoms with E-state index in [0.717, 1.165) is 11.1 Å². The number of benzene rings is 2. The number of aromatic hydroxyl groups is 2. The van der Waals surface area contributed by atoms with Crippen molar-refractivity contribution < 1.29 is 14.6 Å². The minimum atomic E-state index is -0.463. The minimum absolute atomic E-state index is 0.205. The molecule has 2 heterocycles. The van der Waals surface area contributed by atoms with E-state index in [9.17, 15) is 14.6 Å². The molecule has 6 heteroatoms. The van der Waals surface area contributed by atoms with Crippen molar-refractivity contribution in [3.05, 3.63) is 78.3 Å². The standard InChI is InChI=1S/C18H14FN3O2/c19-11-4-5-15-13(8-11)14(9-21-15)17(22-7-6-20-10-22)12-2-1-3-16(23)18(12)24/h1-10,17,21,23-24H. The molecule has 2 aromatic heterocycles. The predicted octanol–water partition coefficient (Wildman–Crippen LogP) is 3.55. The fourth-order valence-corrected chi connectivity index (χ4v) is 3.02. The van der Waals surface area contributed by atoms with Crippen molar-refractivity contribution in [2.24, 2.45) is 0 Å². The third kappa shape index (κ3) is 2.20. The summed E-state index contributed by atoms with van der Waals surface area (Å²) in [7, 11) is 0. The molecule has 4 aromatic rings. The number of fused-ring (bicyclic) bond motifs is 1. The third-order valence-electron chi connectivity index (χ3n) is 4.13. The van der Waals surface area contributed by atoms with Crippen LogP contribution in [0.1, 0.15) is 17.2 Å². The van der Waals surface area contributed by atoms with Gasteiger partial charge in [-0.3, -0.25) is 0 Å². The average molecular weight is 323 g/mol. The second-order valence-corrected chi connectivity index (χ2v) is 5.56. The molecule has 0 radical (unpaired) electrons. The number of phenolic OH excluding ortho intramolecular Hbond substituents is 2. The zero-order valence-electron chi connectivity index (χ0n) is 12.5. The third-order valence-corrected chi connectivity index (χ3v) is 4.13. The van der Waals surface area contributed by atoms with E-state index in [1.165, 1.54) is 18.2 Å². The van der Waals surface area contributed by atoms with E-state index in [4.69, 9.17) is 0 Å². The molecule has 4 rings (SSSR count). The van der Waals surface area contributed by atoms with Gasteiger partial charge in [0.05, 0.1) is 12.4 Å². The van der Waals surface area contributed by atoms with E-state index < -0.39 is 6.04 Å². The molecule has 2 aromatic carbocycles. The summed E-state index contributed by atoms with van der Waals surface area (Å²) in [5.41, 5.74) is 2.05. The van der Waals surface area contributed by atoms with Crippen molar-refractivity contribution in [3.8, 4) is 11.5 Å². The summed E-state index contributed by atoms with van der Waals surface area (Å²) in [6.45, 7) is 0. The summed E-state index contributed by atoms with van der Waals surface area (Å²) in [6, 6.07) is 8.84. The normalized spacial score (nSPS) is 12.5. The smallest absolute Gasteiger partial charge is 0.163 e. The van der Waals surface area contributed by atoms with Crippen LogP contribution in [0.3, 0.4) is 0 Å². The first kappa shape index (κ1) is 14.3. The van der Waals surface area contributed by atoms with Crippen LogP contribution in [-0.4, -0.2) is 24.7 Å². The van der Waals surface area contributed by atoms with Crippen LogP contribution in [0, 0.1) is 5.82 Å². The summed E-state index contributed by atoms with van der Waals surface area (Å²) in [6.07, 6.45) is 6.78. The minimum Gasteiger partial charge on any atom is -0.504 e. The highest BCUT2D eigenvalue weighted by atomic mass is 19.1. The molecular weight excluding hydrogens is 309 g/mol. The molecule has 0 bridgehead atoms. The lowest BCUT2D eigenvalue weighted by atomic mass is 9.96. The maximum atomic E-state index is 13.7. The number of rotatable bonds is 3. The van der Waals surface area contributed by atoms with Crippen LogP contribution in [0.15, 0.2) is 61.3 Å². The lowest BCUT2D eigenvalue weighted by Crippen LogP contribution is -2.10. The Balaban J connectivity index is 2.00. The van der Waals surface area contributed by atoms with Crippen molar-refractivity contribution in [2.75, 3.05) is 0 Å². The number of phenols is 2. The predicted molar refractivity (Wildman–Crippen MR) is 87.5 cm³/mol. The van der Waals surface area contributed by atoms with Gasteiger partial charge in [-0.2, -0.15) is 0 Å². The number of hydrogen-bond donors (Lipinski definition) is 3. The van der Waals surface area contributed by atoms with Gasteiger partial charge in [-0.15, -0.1) is 0 Å². The molecule has 0 aliphatic heterocycles. The van der Waals surface area contributed by atoms with E-state index in [2.05, 4.69) is 9.97 Å². The number of nitrogens with zero attached hydrogens (tertiary/aromatic N) is 2.